The van der Waals surface area contributed by atoms with Crippen molar-refractivity contribution in [3.05, 3.63) is 23.9 Å². The normalized spacial score (nSPS) is 23.7. The van der Waals surface area contributed by atoms with E-state index in [1.807, 2.05) is 12.3 Å². The summed E-state index contributed by atoms with van der Waals surface area (Å²) >= 11 is 0. The van der Waals surface area contributed by atoms with Gasteiger partial charge in [-0.25, -0.2) is 4.98 Å². The number of aromatic nitrogens is 1. The fourth-order valence-electron chi connectivity index (χ4n) is 3.89. The summed E-state index contributed by atoms with van der Waals surface area (Å²) in [4.78, 5) is 7.01. The molecular weight excluding hydrogens is 284 g/mol. The summed E-state index contributed by atoms with van der Waals surface area (Å²) in [5, 5.41) is 7.07. The number of anilines is 1. The van der Waals surface area contributed by atoms with Crippen molar-refractivity contribution < 1.29 is 0 Å². The highest BCUT2D eigenvalue weighted by atomic mass is 15.2. The third-order valence-corrected chi connectivity index (χ3v) is 5.47. The molecule has 2 N–H and O–H groups in total. The van der Waals surface area contributed by atoms with E-state index < -0.39 is 0 Å². The van der Waals surface area contributed by atoms with Gasteiger partial charge in [0.25, 0.3) is 0 Å². The molecule has 1 fully saturated rings. The van der Waals surface area contributed by atoms with Crippen molar-refractivity contribution in [2.45, 2.75) is 63.5 Å². The SMILES string of the molecule is CN(CCCCCC[C@H]1CCc2cccnc2N1)[C@@H]1CCNC1. The van der Waals surface area contributed by atoms with Crippen molar-refractivity contribution in [2.75, 3.05) is 32.0 Å². The molecule has 1 saturated heterocycles. The largest absolute Gasteiger partial charge is 0.367 e. The van der Waals surface area contributed by atoms with Gasteiger partial charge < -0.3 is 15.5 Å². The molecule has 0 spiro atoms. The second-order valence-corrected chi connectivity index (χ2v) is 7.22. The van der Waals surface area contributed by atoms with Crippen LogP contribution in [0, 0.1) is 0 Å². The average Bonchev–Trinajstić information content (AvgIpc) is 3.12. The first-order valence-corrected chi connectivity index (χ1v) is 9.44. The zero-order chi connectivity index (χ0) is 15.9. The minimum absolute atomic E-state index is 0.629. The highest BCUT2D eigenvalue weighted by molar-refractivity contribution is 5.46. The zero-order valence-corrected chi connectivity index (χ0v) is 14.6. The molecule has 0 unspecified atom stereocenters. The Balaban J connectivity index is 1.25. The van der Waals surface area contributed by atoms with Crippen LogP contribution in [0.2, 0.25) is 0 Å². The van der Waals surface area contributed by atoms with E-state index in [4.69, 9.17) is 0 Å². The fraction of sp³-hybridized carbons (Fsp3) is 0.737. The molecule has 0 aromatic carbocycles. The highest BCUT2D eigenvalue weighted by Gasteiger charge is 2.19. The summed E-state index contributed by atoms with van der Waals surface area (Å²) in [7, 11) is 2.29. The van der Waals surface area contributed by atoms with Crippen LogP contribution in [0.15, 0.2) is 18.3 Å². The molecule has 0 saturated carbocycles. The van der Waals surface area contributed by atoms with Crippen molar-refractivity contribution in [3.63, 3.8) is 0 Å². The number of unbranched alkanes of at least 4 members (excludes halogenated alkanes) is 3. The van der Waals surface area contributed by atoms with E-state index in [1.165, 1.54) is 76.6 Å². The lowest BCUT2D eigenvalue weighted by atomic mass is 9.96. The molecule has 0 bridgehead atoms. The molecule has 4 nitrogen and oxygen atoms in total. The molecular formula is C19H32N4. The minimum atomic E-state index is 0.629. The number of rotatable bonds is 8. The number of nitrogens with one attached hydrogen (secondary N) is 2. The Hall–Kier alpha value is -1.13. The Morgan fingerprint density at radius 3 is 3.00 bits per heavy atom. The van der Waals surface area contributed by atoms with Gasteiger partial charge in [0.2, 0.25) is 0 Å². The first kappa shape index (κ1) is 16.7. The van der Waals surface area contributed by atoms with Crippen molar-refractivity contribution >= 4 is 5.82 Å². The number of hydrogen-bond donors (Lipinski definition) is 2. The van der Waals surface area contributed by atoms with Crippen LogP contribution in [-0.4, -0.2) is 48.6 Å². The van der Waals surface area contributed by atoms with Gasteiger partial charge in [0.15, 0.2) is 0 Å². The molecule has 3 heterocycles. The Morgan fingerprint density at radius 2 is 2.13 bits per heavy atom. The van der Waals surface area contributed by atoms with E-state index >= 15 is 0 Å². The van der Waals surface area contributed by atoms with Gasteiger partial charge in [-0.3, -0.25) is 0 Å². The minimum Gasteiger partial charge on any atom is -0.367 e. The summed E-state index contributed by atoms with van der Waals surface area (Å²) in [6.45, 7) is 3.63. The van der Waals surface area contributed by atoms with Crippen LogP contribution in [0.4, 0.5) is 5.82 Å². The van der Waals surface area contributed by atoms with Crippen molar-refractivity contribution in [1.82, 2.24) is 15.2 Å². The maximum Gasteiger partial charge on any atom is 0.129 e. The van der Waals surface area contributed by atoms with E-state index in [1.54, 1.807) is 0 Å². The summed E-state index contributed by atoms with van der Waals surface area (Å²) in [5.74, 6) is 1.12. The standard InChI is InChI=1S/C19H32N4/c1-23(18-11-13-20-15-18)14-5-3-2-4-8-17-10-9-16-7-6-12-21-19(16)22-17/h6-7,12,17-18,20H,2-5,8-11,13-15H2,1H3,(H,21,22)/t17-,18+/m0/s1. The van der Waals surface area contributed by atoms with Crippen molar-refractivity contribution in [1.29, 1.82) is 0 Å². The second kappa shape index (κ2) is 8.65. The number of hydrogen-bond acceptors (Lipinski definition) is 4. The predicted molar refractivity (Wildman–Crippen MR) is 97.0 cm³/mol. The zero-order valence-electron chi connectivity index (χ0n) is 14.6. The third-order valence-electron chi connectivity index (χ3n) is 5.47. The molecule has 2 aliphatic rings. The number of aryl methyl sites for hydroxylation is 1. The topological polar surface area (TPSA) is 40.2 Å². The monoisotopic (exact) mass is 316 g/mol. The van der Waals surface area contributed by atoms with Gasteiger partial charge in [-0.2, -0.15) is 0 Å². The van der Waals surface area contributed by atoms with Crippen LogP contribution >= 0.6 is 0 Å². The van der Waals surface area contributed by atoms with Crippen LogP contribution in [0.25, 0.3) is 0 Å². The molecule has 2 atom stereocenters. The second-order valence-electron chi connectivity index (χ2n) is 7.22. The molecule has 0 aliphatic carbocycles. The van der Waals surface area contributed by atoms with E-state index in [-0.39, 0.29) is 0 Å². The van der Waals surface area contributed by atoms with Crippen LogP contribution in [0.3, 0.4) is 0 Å². The maximum atomic E-state index is 4.46. The number of pyridine rings is 1. The summed E-state index contributed by atoms with van der Waals surface area (Å²) < 4.78 is 0. The first-order valence-electron chi connectivity index (χ1n) is 9.44. The van der Waals surface area contributed by atoms with Crippen LogP contribution in [-0.2, 0) is 6.42 Å². The Morgan fingerprint density at radius 1 is 1.22 bits per heavy atom. The van der Waals surface area contributed by atoms with E-state index in [2.05, 4.69) is 33.6 Å². The van der Waals surface area contributed by atoms with Crippen LogP contribution in [0.1, 0.15) is 50.5 Å². The first-order chi connectivity index (χ1) is 11.3. The third kappa shape index (κ3) is 4.92. The number of nitrogens with zero attached hydrogens (tertiary/aromatic N) is 2. The van der Waals surface area contributed by atoms with Crippen LogP contribution in [0.5, 0.6) is 0 Å². The maximum absolute atomic E-state index is 4.46. The smallest absolute Gasteiger partial charge is 0.129 e. The van der Waals surface area contributed by atoms with Gasteiger partial charge in [0.05, 0.1) is 0 Å². The van der Waals surface area contributed by atoms with Gasteiger partial charge in [0.1, 0.15) is 5.82 Å². The molecule has 128 valence electrons. The van der Waals surface area contributed by atoms with Crippen LogP contribution < -0.4 is 10.6 Å². The van der Waals surface area contributed by atoms with Crippen molar-refractivity contribution in [2.24, 2.45) is 0 Å². The number of fused-ring (bicyclic) bond motifs is 1. The molecule has 0 amide bonds. The summed E-state index contributed by atoms with van der Waals surface area (Å²) in [6.07, 6.45) is 12.4. The van der Waals surface area contributed by atoms with E-state index in [9.17, 15) is 0 Å². The van der Waals surface area contributed by atoms with E-state index in [0.717, 1.165) is 11.9 Å². The Bertz CT molecular complexity index is 470. The van der Waals surface area contributed by atoms with Gasteiger partial charge in [-0.15, -0.1) is 0 Å². The lowest BCUT2D eigenvalue weighted by Crippen LogP contribution is -2.34. The van der Waals surface area contributed by atoms with Gasteiger partial charge in [0, 0.05) is 24.8 Å². The van der Waals surface area contributed by atoms with Gasteiger partial charge in [-0.05, 0) is 63.9 Å². The number of likely N-dealkylation sites (N-methyl/N-ethyl adjacent to an activating group) is 1. The Kier molecular flexibility index (Phi) is 6.29. The molecule has 23 heavy (non-hydrogen) atoms. The molecule has 0 radical (unpaired) electrons. The average molecular weight is 316 g/mol. The Labute approximate surface area is 141 Å². The predicted octanol–water partition coefficient (Wildman–Crippen LogP) is 3.05. The lowest BCUT2D eigenvalue weighted by molar-refractivity contribution is 0.251. The highest BCUT2D eigenvalue weighted by Crippen LogP contribution is 2.24. The molecule has 2 aliphatic heterocycles. The molecule has 4 heteroatoms. The quantitative estimate of drug-likeness (QED) is 0.723. The fourth-order valence-corrected chi connectivity index (χ4v) is 3.89. The van der Waals surface area contributed by atoms with Gasteiger partial charge >= 0.3 is 0 Å². The molecule has 1 aromatic rings. The van der Waals surface area contributed by atoms with E-state index in [0.29, 0.717) is 6.04 Å². The van der Waals surface area contributed by atoms with Crippen molar-refractivity contribution in [3.8, 4) is 0 Å². The van der Waals surface area contributed by atoms with Gasteiger partial charge in [-0.1, -0.05) is 25.3 Å². The summed E-state index contributed by atoms with van der Waals surface area (Å²) in [6, 6.07) is 5.64. The molecule has 3 rings (SSSR count). The lowest BCUT2D eigenvalue weighted by Gasteiger charge is -2.26. The molecule has 1 aromatic heterocycles. The summed E-state index contributed by atoms with van der Waals surface area (Å²) in [5.41, 5.74) is 1.38.